The molecule has 2 unspecified atom stereocenters. The maximum absolute atomic E-state index is 14.0. The number of allylic oxidation sites excluding steroid dienone is 20. The fourth-order valence-electron chi connectivity index (χ4n) is 9.05. The lowest BCUT2D eigenvalue weighted by molar-refractivity contribution is -0.173. The molecular weight excluding hydrogens is 1320 g/mol. The minimum absolute atomic E-state index is 0.0575. The van der Waals surface area contributed by atoms with Gasteiger partial charge in [-0.05, 0) is 181 Å². The second kappa shape index (κ2) is 47.5. The van der Waals surface area contributed by atoms with E-state index in [9.17, 15) is 48.6 Å². The summed E-state index contributed by atoms with van der Waals surface area (Å²) in [5.74, 6) is 1.12. The smallest absolute Gasteiger partial charge is 0.504 e. The molecule has 0 spiro atoms. The summed E-state index contributed by atoms with van der Waals surface area (Å²) in [6, 6.07) is 8.81. The van der Waals surface area contributed by atoms with E-state index in [0.717, 1.165) is 64.2 Å². The third kappa shape index (κ3) is 39.9. The molecule has 3 rings (SSSR count). The van der Waals surface area contributed by atoms with Crippen molar-refractivity contribution in [3.05, 3.63) is 169 Å². The van der Waals surface area contributed by atoms with Crippen molar-refractivity contribution in [2.24, 2.45) is 5.84 Å². The van der Waals surface area contributed by atoms with Crippen LogP contribution in [0.25, 0.3) is 0 Å². The quantitative estimate of drug-likeness (QED) is 0.00480. The molecule has 103 heavy (non-hydrogen) atoms. The first kappa shape index (κ1) is 89.4. The van der Waals surface area contributed by atoms with Gasteiger partial charge in [-0.3, -0.25) is 15.4 Å². The highest BCUT2D eigenvalue weighted by molar-refractivity contribution is 5.92. The molecule has 1 aliphatic heterocycles. The highest BCUT2D eigenvalue weighted by Crippen LogP contribution is 2.41. The van der Waals surface area contributed by atoms with Crippen LogP contribution in [0.1, 0.15) is 211 Å². The fourth-order valence-corrected chi connectivity index (χ4v) is 9.05. The lowest BCUT2D eigenvalue weighted by Gasteiger charge is -2.39. The zero-order chi connectivity index (χ0) is 76.9. The van der Waals surface area contributed by atoms with E-state index >= 15 is 0 Å². The van der Waals surface area contributed by atoms with Crippen LogP contribution in [0.4, 0.5) is 19.2 Å². The van der Waals surface area contributed by atoms with E-state index in [2.05, 4.69) is 122 Å². The first-order valence-corrected chi connectivity index (χ1v) is 34.9. The van der Waals surface area contributed by atoms with Gasteiger partial charge in [0.15, 0.2) is 28.5 Å². The highest BCUT2D eigenvalue weighted by atomic mass is 16.8. The fraction of sp³-hybridized carbons (Fsp3) is 0.494. The van der Waals surface area contributed by atoms with Crippen LogP contribution in [0.5, 0.6) is 23.0 Å². The molecular formula is C79H112N4O20. The number of hydrogen-bond donors (Lipinski definition) is 5. The zero-order valence-corrected chi connectivity index (χ0v) is 62.7. The standard InChI is InChI=1S/C46H66N2O12.C33H46N2O8/c1-12-13-14-15-16-17-18-19-20-21-22-23-24-25-26-27-28-29-38(49)54-34(2)55-42(53)56-39(50)46(11,33-35-30-31-36-37(32-35)58-45(9,10)57-36)48(41(52)60-44(6,7)8)47-40(51)59-43(3,4)5;1-4-5-6-7-8-9-10-11-12-13-14-15-16-17-18-19-20-21-30(38)41-26(2)42-32(40)43-31(39)33(3,35-34)25-27-22-23-28(36)29(37)24-27/h13-14,16-17,19-20,22-23,25-26,30-32,34H,12,15,18,21,24,27-29,33H2,1-11H3,(H,47,51);5-6,8-9,11-12,14-15,17-18,22-24,26,35-37H,4,7,10,13,16,19-21,25,34H2,1-3H3/b14-13-,17-16-,20-19-,23-22-,26-25-;6-5-,9-8-,12-11-,15-14-,18-17-/t34?,46-;26?,33-/m00/s1. The van der Waals surface area contributed by atoms with Crippen LogP contribution in [0.3, 0.4) is 0 Å². The summed E-state index contributed by atoms with van der Waals surface area (Å²) in [5, 5.41) is 19.7. The van der Waals surface area contributed by atoms with Crippen molar-refractivity contribution >= 4 is 48.4 Å². The Kier molecular flexibility index (Phi) is 41.2. The van der Waals surface area contributed by atoms with Crippen LogP contribution in [-0.2, 0) is 69.9 Å². The predicted octanol–water partition coefficient (Wildman–Crippen LogP) is 17.0. The van der Waals surface area contributed by atoms with E-state index in [-0.39, 0.29) is 37.2 Å². The summed E-state index contributed by atoms with van der Waals surface area (Å²) in [4.78, 5) is 103. The lowest BCUT2D eigenvalue weighted by atomic mass is 9.92. The third-order valence-corrected chi connectivity index (χ3v) is 14.0. The SMILES string of the molecule is CC/C=C\C/C=C\C/C=C\C/C=C\C/C=C\CCCC(=O)OC(C)OC(=O)OC(=O)[C@](C)(Cc1ccc(O)c(O)c1)NN.CC/C=C\C/C=C\C/C=C\C/C=C\C/C=C\CCCC(=O)OC(C)OC(=O)OC(=O)[C@](C)(Cc1ccc2c(c1)OC(C)(C)O2)N(NC(=O)OC(C)(C)C)C(=O)OC(C)(C)C. The van der Waals surface area contributed by atoms with Crippen LogP contribution in [0, 0.1) is 0 Å². The van der Waals surface area contributed by atoms with Crippen LogP contribution < -0.4 is 26.2 Å². The highest BCUT2D eigenvalue weighted by Gasteiger charge is 2.49. The van der Waals surface area contributed by atoms with Gasteiger partial charge in [-0.1, -0.05) is 148 Å². The Hall–Kier alpha value is -9.68. The number of aromatic hydroxyl groups is 2. The molecule has 2 aromatic carbocycles. The maximum Gasteiger partial charge on any atom is 0.519 e. The number of hydrogen-bond acceptors (Lipinski definition) is 22. The monoisotopic (exact) mass is 1440 g/mol. The molecule has 4 atom stereocenters. The minimum Gasteiger partial charge on any atom is -0.504 e. The molecule has 6 N–H and O–H groups in total. The number of benzene rings is 2. The van der Waals surface area contributed by atoms with Crippen molar-refractivity contribution in [3.8, 4) is 23.0 Å². The van der Waals surface area contributed by atoms with Crippen LogP contribution >= 0.6 is 0 Å². The van der Waals surface area contributed by atoms with E-state index in [1.54, 1.807) is 73.6 Å². The second-order valence-electron chi connectivity index (χ2n) is 26.6. The van der Waals surface area contributed by atoms with Gasteiger partial charge in [0.2, 0.25) is 18.4 Å². The summed E-state index contributed by atoms with van der Waals surface area (Å²) in [7, 11) is 0. The van der Waals surface area contributed by atoms with E-state index in [0.29, 0.717) is 53.3 Å². The Morgan fingerprint density at radius 3 is 1.30 bits per heavy atom. The average molecular weight is 1440 g/mol. The number of nitrogens with two attached hydrogens (primary N) is 1. The van der Waals surface area contributed by atoms with Gasteiger partial charge >= 0.3 is 48.4 Å². The topological polar surface area (TPSA) is 323 Å². The number of nitrogens with one attached hydrogen (secondary N) is 2. The Balaban J connectivity index is 0.000000740. The third-order valence-electron chi connectivity index (χ3n) is 14.0. The van der Waals surface area contributed by atoms with E-state index < -0.39 is 89.0 Å². The number of nitrogens with zero attached hydrogens (tertiary/aromatic N) is 1. The Morgan fingerprint density at radius 2 is 0.893 bits per heavy atom. The van der Waals surface area contributed by atoms with Crippen LogP contribution in [0.15, 0.2) is 158 Å². The molecule has 1 heterocycles. The molecule has 0 aliphatic carbocycles. The normalized spacial score (nSPS) is 14.8. The number of phenolic OH excluding ortho intramolecular Hbond substituents is 2. The predicted molar refractivity (Wildman–Crippen MR) is 393 cm³/mol. The molecule has 0 bridgehead atoms. The summed E-state index contributed by atoms with van der Waals surface area (Å²) in [5.41, 5.74) is -0.346. The molecule has 0 saturated heterocycles. The number of amides is 2. The second-order valence-corrected chi connectivity index (χ2v) is 26.6. The maximum atomic E-state index is 14.0. The van der Waals surface area contributed by atoms with Crippen LogP contribution in [-0.4, -0.2) is 104 Å². The van der Waals surface area contributed by atoms with Gasteiger partial charge in [0.1, 0.15) is 16.7 Å². The Morgan fingerprint density at radius 1 is 0.505 bits per heavy atom. The number of hydrazine groups is 2. The van der Waals surface area contributed by atoms with Gasteiger partial charge in [0.05, 0.1) is 0 Å². The van der Waals surface area contributed by atoms with Gasteiger partial charge < -0.3 is 57.6 Å². The van der Waals surface area contributed by atoms with Crippen molar-refractivity contribution < 1.29 is 95.9 Å². The molecule has 568 valence electrons. The largest absolute Gasteiger partial charge is 0.519 e. The van der Waals surface area contributed by atoms with Crippen LogP contribution in [0.2, 0.25) is 0 Å². The molecule has 24 heteroatoms. The zero-order valence-electron chi connectivity index (χ0n) is 62.7. The van der Waals surface area contributed by atoms with Crippen molar-refractivity contribution in [1.82, 2.24) is 15.9 Å². The summed E-state index contributed by atoms with van der Waals surface area (Å²) < 4.78 is 52.6. The molecule has 0 fully saturated rings. The number of carbonyl (C=O) groups excluding carboxylic acids is 8. The summed E-state index contributed by atoms with van der Waals surface area (Å²) in [6.07, 6.45) is 45.9. The van der Waals surface area contributed by atoms with Crippen molar-refractivity contribution in [2.75, 3.05) is 0 Å². The molecule has 1 aliphatic rings. The van der Waals surface area contributed by atoms with Crippen molar-refractivity contribution in [3.63, 3.8) is 0 Å². The van der Waals surface area contributed by atoms with E-state index in [4.69, 9.17) is 53.2 Å². The lowest BCUT2D eigenvalue weighted by Crippen LogP contribution is -2.65. The van der Waals surface area contributed by atoms with Gasteiger partial charge in [0.25, 0.3) is 0 Å². The van der Waals surface area contributed by atoms with Crippen molar-refractivity contribution in [2.45, 2.75) is 253 Å². The molecule has 0 saturated carbocycles. The van der Waals surface area contributed by atoms with Gasteiger partial charge in [-0.25, -0.2) is 39.6 Å². The average Bonchev–Trinajstić information content (AvgIpc) is 1.67. The minimum atomic E-state index is -2.18. The van der Waals surface area contributed by atoms with E-state index in [1.165, 1.54) is 45.9 Å². The van der Waals surface area contributed by atoms with Gasteiger partial charge in [-0.15, -0.1) is 0 Å². The summed E-state index contributed by atoms with van der Waals surface area (Å²) >= 11 is 0. The number of carbonyl (C=O) groups is 8. The number of ether oxygens (including phenoxy) is 10. The Labute approximate surface area is 608 Å². The molecule has 24 nitrogen and oxygen atoms in total. The summed E-state index contributed by atoms with van der Waals surface area (Å²) in [6.45, 7) is 22.6. The number of phenols is 2. The number of rotatable bonds is 38. The number of unbranched alkanes of at least 4 members (excludes halogenated alkanes) is 2. The van der Waals surface area contributed by atoms with Gasteiger partial charge in [0, 0.05) is 53.4 Å². The number of esters is 4. The molecule has 0 radical (unpaired) electrons. The first-order valence-electron chi connectivity index (χ1n) is 34.9. The van der Waals surface area contributed by atoms with E-state index in [1.807, 2.05) is 24.3 Å². The van der Waals surface area contributed by atoms with Crippen molar-refractivity contribution in [1.29, 1.82) is 0 Å². The Bertz CT molecular complexity index is 3320. The molecule has 0 aromatic heterocycles. The first-order chi connectivity index (χ1) is 48.6. The molecule has 2 aromatic rings. The van der Waals surface area contributed by atoms with Gasteiger partial charge in [-0.2, -0.15) is 5.01 Å². The molecule has 2 amide bonds. The number of fused-ring (bicyclic) bond motifs is 1.